The summed E-state index contributed by atoms with van der Waals surface area (Å²) in [5.74, 6) is 1.59. The molecule has 29 heavy (non-hydrogen) atoms. The van der Waals surface area contributed by atoms with Crippen LogP contribution in [-0.4, -0.2) is 30.6 Å². The number of anilines is 2. The van der Waals surface area contributed by atoms with Crippen LogP contribution in [0.4, 0.5) is 11.5 Å². The van der Waals surface area contributed by atoms with Crippen molar-refractivity contribution in [1.82, 2.24) is 10.3 Å². The minimum atomic E-state index is -0.109. The first-order chi connectivity index (χ1) is 14.2. The summed E-state index contributed by atoms with van der Waals surface area (Å²) in [6, 6.07) is 20.4. The van der Waals surface area contributed by atoms with Gasteiger partial charge < -0.3 is 15.0 Å². The van der Waals surface area contributed by atoms with Crippen molar-refractivity contribution in [1.29, 1.82) is 0 Å². The van der Waals surface area contributed by atoms with Gasteiger partial charge in [-0.2, -0.15) is 0 Å². The molecule has 2 heterocycles. The summed E-state index contributed by atoms with van der Waals surface area (Å²) in [5, 5.41) is 2.96. The third kappa shape index (κ3) is 4.09. The van der Waals surface area contributed by atoms with Gasteiger partial charge in [0.1, 0.15) is 11.6 Å². The van der Waals surface area contributed by atoms with E-state index in [1.54, 1.807) is 13.3 Å². The molecule has 5 heteroatoms. The van der Waals surface area contributed by atoms with Crippen LogP contribution in [0.5, 0.6) is 5.75 Å². The van der Waals surface area contributed by atoms with E-state index in [0.717, 1.165) is 30.0 Å². The van der Waals surface area contributed by atoms with Crippen LogP contribution in [0.2, 0.25) is 0 Å². The molecule has 1 aromatic heterocycles. The normalized spacial score (nSPS) is 15.1. The van der Waals surface area contributed by atoms with Gasteiger partial charge in [0.25, 0.3) is 5.91 Å². The Labute approximate surface area is 171 Å². The summed E-state index contributed by atoms with van der Waals surface area (Å²) in [5.41, 5.74) is 4.23. The second-order valence-electron chi connectivity index (χ2n) is 7.31. The number of nitrogens with one attached hydrogen (secondary N) is 1. The van der Waals surface area contributed by atoms with Gasteiger partial charge in [-0.05, 0) is 61.2 Å². The fraction of sp³-hybridized carbons (Fsp3) is 0.250. The number of nitrogens with zero attached hydrogens (tertiary/aromatic N) is 2. The van der Waals surface area contributed by atoms with Crippen molar-refractivity contribution in [3.63, 3.8) is 0 Å². The van der Waals surface area contributed by atoms with Crippen molar-refractivity contribution in [3.8, 4) is 5.75 Å². The van der Waals surface area contributed by atoms with Crippen LogP contribution in [0.3, 0.4) is 0 Å². The van der Waals surface area contributed by atoms with E-state index >= 15 is 0 Å². The first kappa shape index (κ1) is 19.0. The molecule has 148 valence electrons. The van der Waals surface area contributed by atoms with E-state index in [1.807, 2.05) is 42.5 Å². The largest absolute Gasteiger partial charge is 0.497 e. The quantitative estimate of drug-likeness (QED) is 0.691. The van der Waals surface area contributed by atoms with Gasteiger partial charge in [0.05, 0.1) is 12.7 Å². The highest BCUT2D eigenvalue weighted by molar-refractivity contribution is 5.94. The molecule has 1 aliphatic heterocycles. The van der Waals surface area contributed by atoms with E-state index in [0.29, 0.717) is 18.2 Å². The molecule has 1 N–H and O–H groups in total. The summed E-state index contributed by atoms with van der Waals surface area (Å²) in [6.45, 7) is 2.76. The minimum absolute atomic E-state index is 0.109. The monoisotopic (exact) mass is 387 g/mol. The van der Waals surface area contributed by atoms with E-state index in [1.165, 1.54) is 11.3 Å². The van der Waals surface area contributed by atoms with Crippen molar-refractivity contribution >= 4 is 17.4 Å². The second kappa shape index (κ2) is 8.35. The molecule has 1 amide bonds. The van der Waals surface area contributed by atoms with Crippen LogP contribution >= 0.6 is 0 Å². The lowest BCUT2D eigenvalue weighted by Gasteiger charge is -2.23. The Morgan fingerprint density at radius 2 is 2.03 bits per heavy atom. The summed E-state index contributed by atoms with van der Waals surface area (Å²) in [4.78, 5) is 19.3. The average molecular weight is 387 g/mol. The van der Waals surface area contributed by atoms with Crippen molar-refractivity contribution in [2.24, 2.45) is 0 Å². The first-order valence-electron chi connectivity index (χ1n) is 9.90. The van der Waals surface area contributed by atoms with E-state index < -0.39 is 0 Å². The highest BCUT2D eigenvalue weighted by atomic mass is 16.5. The number of pyridine rings is 1. The number of amides is 1. The highest BCUT2D eigenvalue weighted by Crippen LogP contribution is 2.36. The van der Waals surface area contributed by atoms with E-state index in [2.05, 4.69) is 40.3 Å². The zero-order valence-electron chi connectivity index (χ0n) is 16.8. The third-order valence-corrected chi connectivity index (χ3v) is 5.30. The molecule has 0 radical (unpaired) electrons. The molecule has 0 saturated heterocycles. The third-order valence-electron chi connectivity index (χ3n) is 5.30. The van der Waals surface area contributed by atoms with Gasteiger partial charge in [-0.3, -0.25) is 4.79 Å². The van der Waals surface area contributed by atoms with Gasteiger partial charge in [-0.15, -0.1) is 0 Å². The number of aromatic nitrogens is 1. The lowest BCUT2D eigenvalue weighted by atomic mass is 10.1. The molecule has 5 nitrogen and oxygen atoms in total. The van der Waals surface area contributed by atoms with Crippen LogP contribution in [0.1, 0.15) is 28.4 Å². The molecule has 1 atom stereocenters. The van der Waals surface area contributed by atoms with Crippen molar-refractivity contribution in [2.45, 2.75) is 25.8 Å². The van der Waals surface area contributed by atoms with Crippen LogP contribution in [-0.2, 0) is 12.8 Å². The summed E-state index contributed by atoms with van der Waals surface area (Å²) in [7, 11) is 1.65. The van der Waals surface area contributed by atoms with Gasteiger partial charge in [0, 0.05) is 24.5 Å². The Hall–Kier alpha value is -3.34. The molecule has 0 aliphatic carbocycles. The van der Waals surface area contributed by atoms with Crippen LogP contribution in [0.15, 0.2) is 66.9 Å². The predicted octanol–water partition coefficient (Wildman–Crippen LogP) is 4.15. The van der Waals surface area contributed by atoms with Crippen molar-refractivity contribution < 1.29 is 9.53 Å². The summed E-state index contributed by atoms with van der Waals surface area (Å²) >= 11 is 0. The zero-order valence-corrected chi connectivity index (χ0v) is 16.8. The molecular weight excluding hydrogens is 362 g/mol. The molecule has 0 bridgehead atoms. The van der Waals surface area contributed by atoms with Gasteiger partial charge >= 0.3 is 0 Å². The van der Waals surface area contributed by atoms with Gasteiger partial charge in [-0.1, -0.05) is 30.3 Å². The SMILES string of the molecule is COc1cccc(CCNC(=O)c2ccc(N3c4ccccc4CC3C)nc2)c1. The molecule has 1 unspecified atom stereocenters. The number of hydrogen-bond donors (Lipinski definition) is 1. The Kier molecular flexibility index (Phi) is 5.47. The molecule has 2 aromatic carbocycles. The van der Waals surface area contributed by atoms with Crippen molar-refractivity contribution in [2.75, 3.05) is 18.6 Å². The number of benzene rings is 2. The summed E-state index contributed by atoms with van der Waals surface area (Å²) < 4.78 is 5.23. The molecule has 0 spiro atoms. The topological polar surface area (TPSA) is 54.5 Å². The Morgan fingerprint density at radius 3 is 2.83 bits per heavy atom. The number of rotatable bonds is 6. The highest BCUT2D eigenvalue weighted by Gasteiger charge is 2.27. The number of carbonyl (C=O) groups excluding carboxylic acids is 1. The molecule has 3 aromatic rings. The first-order valence-corrected chi connectivity index (χ1v) is 9.90. The molecule has 0 saturated carbocycles. The number of hydrogen-bond acceptors (Lipinski definition) is 4. The van der Waals surface area contributed by atoms with Crippen LogP contribution in [0, 0.1) is 0 Å². The fourth-order valence-corrected chi connectivity index (χ4v) is 3.83. The standard InChI is InChI=1S/C24H25N3O2/c1-17-14-19-7-3-4-9-22(19)27(17)23-11-10-20(16-26-23)24(28)25-13-12-18-6-5-8-21(15-18)29-2/h3-11,15-17H,12-14H2,1-2H3,(H,25,28). The van der Waals surface area contributed by atoms with E-state index in [9.17, 15) is 4.79 Å². The minimum Gasteiger partial charge on any atom is -0.497 e. The zero-order chi connectivity index (χ0) is 20.2. The van der Waals surface area contributed by atoms with E-state index in [-0.39, 0.29) is 5.91 Å². The Morgan fingerprint density at radius 1 is 1.17 bits per heavy atom. The van der Waals surface area contributed by atoms with Gasteiger partial charge in [0.2, 0.25) is 0 Å². The van der Waals surface area contributed by atoms with E-state index in [4.69, 9.17) is 4.74 Å². The number of fused-ring (bicyclic) bond motifs is 1. The Bertz CT molecular complexity index is 1000. The lowest BCUT2D eigenvalue weighted by molar-refractivity contribution is 0.0954. The fourth-order valence-electron chi connectivity index (χ4n) is 3.83. The smallest absolute Gasteiger partial charge is 0.252 e. The van der Waals surface area contributed by atoms with Gasteiger partial charge in [-0.25, -0.2) is 4.98 Å². The summed E-state index contributed by atoms with van der Waals surface area (Å²) in [6.07, 6.45) is 3.41. The number of para-hydroxylation sites is 1. The van der Waals surface area contributed by atoms with Crippen molar-refractivity contribution in [3.05, 3.63) is 83.6 Å². The number of methoxy groups -OCH3 is 1. The number of carbonyl (C=O) groups is 1. The predicted molar refractivity (Wildman–Crippen MR) is 115 cm³/mol. The maximum Gasteiger partial charge on any atom is 0.252 e. The lowest BCUT2D eigenvalue weighted by Crippen LogP contribution is -2.27. The second-order valence-corrected chi connectivity index (χ2v) is 7.31. The average Bonchev–Trinajstić information content (AvgIpc) is 3.09. The van der Waals surface area contributed by atoms with Gasteiger partial charge in [0.15, 0.2) is 0 Å². The molecule has 0 fully saturated rings. The number of ether oxygens (including phenoxy) is 1. The molecular formula is C24H25N3O2. The van der Waals surface area contributed by atoms with Crippen LogP contribution < -0.4 is 15.0 Å². The maximum absolute atomic E-state index is 12.5. The van der Waals surface area contributed by atoms with Crippen LogP contribution in [0.25, 0.3) is 0 Å². The molecule has 4 rings (SSSR count). The molecule has 1 aliphatic rings. The maximum atomic E-state index is 12.5. The Balaban J connectivity index is 1.38.